The van der Waals surface area contributed by atoms with E-state index in [1.54, 1.807) is 5.32 Å². The number of amides is 1. The smallest absolute Gasteiger partial charge is 0.407 e. The number of carboxylic acid groups (broad SMARTS) is 1. The molecule has 0 aromatic carbocycles. The van der Waals surface area contributed by atoms with Gasteiger partial charge in [-0.2, -0.15) is 0 Å². The van der Waals surface area contributed by atoms with Crippen molar-refractivity contribution in [2.75, 3.05) is 0 Å². The van der Waals surface area contributed by atoms with Gasteiger partial charge >= 0.3 is 6.09 Å². The number of rotatable bonds is 5. The van der Waals surface area contributed by atoms with Gasteiger partial charge in [0.25, 0.3) is 6.43 Å². The van der Waals surface area contributed by atoms with Crippen molar-refractivity contribution in [1.82, 2.24) is 5.32 Å². The van der Waals surface area contributed by atoms with E-state index in [0.717, 1.165) is 0 Å². The zero-order valence-corrected chi connectivity index (χ0v) is 9.57. The Balaban J connectivity index is 4.78. The first-order valence-electron chi connectivity index (χ1n) is 4.78. The van der Waals surface area contributed by atoms with E-state index in [1.165, 1.54) is 13.8 Å². The summed E-state index contributed by atoms with van der Waals surface area (Å²) in [5.41, 5.74) is -2.90. The minimum atomic E-state index is -3.29. The highest BCUT2D eigenvalue weighted by Crippen LogP contribution is 2.16. The molecule has 0 aromatic rings. The Morgan fingerprint density at radius 1 is 1.41 bits per heavy atom. The molecule has 2 N–H and O–H groups in total. The van der Waals surface area contributed by atoms with Gasteiger partial charge in [0.15, 0.2) is 0 Å². The van der Waals surface area contributed by atoms with Crippen LogP contribution < -0.4 is 10.4 Å². The molecule has 0 unspecified atom stereocenters. The highest BCUT2D eigenvalue weighted by atomic mass is 19.3. The number of aliphatic hydroxyl groups is 1. The van der Waals surface area contributed by atoms with Crippen molar-refractivity contribution >= 4 is 12.1 Å². The second kappa shape index (κ2) is 5.76. The number of hydrogen-bond acceptors (Lipinski definition) is 5. The predicted octanol–water partition coefficient (Wildman–Crippen LogP) is -0.744. The lowest BCUT2D eigenvalue weighted by Gasteiger charge is -2.33. The number of nitrogens with one attached hydrogen (secondary N) is 1. The lowest BCUT2D eigenvalue weighted by Crippen LogP contribution is -2.63. The molecular weight excluding hydrogens is 240 g/mol. The third-order valence-electron chi connectivity index (χ3n) is 1.89. The van der Waals surface area contributed by atoms with Crippen molar-refractivity contribution < 1.29 is 33.3 Å². The molecule has 0 saturated heterocycles. The number of carboxylic acids is 1. The van der Waals surface area contributed by atoms with Gasteiger partial charge in [0, 0.05) is 0 Å². The zero-order chi connectivity index (χ0) is 13.8. The third-order valence-corrected chi connectivity index (χ3v) is 1.89. The van der Waals surface area contributed by atoms with Crippen LogP contribution in [0.3, 0.4) is 0 Å². The fraction of sp³-hybridized carbons (Fsp3) is 0.778. The lowest BCUT2D eigenvalue weighted by molar-refractivity contribution is -0.326. The molecule has 0 spiro atoms. The van der Waals surface area contributed by atoms with E-state index >= 15 is 0 Å². The summed E-state index contributed by atoms with van der Waals surface area (Å²) in [4.78, 5) is 21.5. The fourth-order valence-electron chi connectivity index (χ4n) is 0.951. The summed E-state index contributed by atoms with van der Waals surface area (Å²) in [7, 11) is 0. The maximum absolute atomic E-state index is 12.5. The number of aliphatic carboxylic acids is 1. The van der Waals surface area contributed by atoms with Gasteiger partial charge in [-0.05, 0) is 20.8 Å². The second-order valence-electron chi connectivity index (χ2n) is 3.85. The molecule has 17 heavy (non-hydrogen) atoms. The van der Waals surface area contributed by atoms with Crippen LogP contribution >= 0.6 is 0 Å². The molecule has 0 aromatic heterocycles. The highest BCUT2D eigenvalue weighted by molar-refractivity contribution is 5.77. The standard InChI is InChI=1S/C9H15F2NO5/c1-4(2)17-8(15)12-5(6(10)11)9(3,16)7(13)14/h4-6,16H,1-3H3,(H,12,15)(H,13,14)/p-1/t5-,9+/m0/s1. The Kier molecular flexibility index (Phi) is 5.27. The van der Waals surface area contributed by atoms with Crippen LogP contribution in [0.15, 0.2) is 0 Å². The van der Waals surface area contributed by atoms with Gasteiger partial charge in [-0.15, -0.1) is 0 Å². The van der Waals surface area contributed by atoms with Crippen LogP contribution in [0.25, 0.3) is 0 Å². The molecule has 0 radical (unpaired) electrons. The van der Waals surface area contributed by atoms with Crippen LogP contribution in [0.4, 0.5) is 13.6 Å². The van der Waals surface area contributed by atoms with Crippen LogP contribution in [0.2, 0.25) is 0 Å². The monoisotopic (exact) mass is 254 g/mol. The Bertz CT molecular complexity index is 293. The maximum atomic E-state index is 12.5. The summed E-state index contributed by atoms with van der Waals surface area (Å²) >= 11 is 0. The average Bonchev–Trinajstić information content (AvgIpc) is 2.11. The van der Waals surface area contributed by atoms with Gasteiger partial charge in [-0.3, -0.25) is 0 Å². The summed E-state index contributed by atoms with van der Waals surface area (Å²) in [6, 6.07) is -2.32. The summed E-state index contributed by atoms with van der Waals surface area (Å²) < 4.78 is 29.6. The molecule has 2 atom stereocenters. The second-order valence-corrected chi connectivity index (χ2v) is 3.85. The number of halogens is 2. The van der Waals surface area contributed by atoms with Crippen molar-refractivity contribution in [3.8, 4) is 0 Å². The number of alkyl carbamates (subject to hydrolysis) is 1. The molecule has 0 bridgehead atoms. The SMILES string of the molecule is CC(C)OC(=O)N[C@@H](C(F)F)[C@@](C)(O)C(=O)[O-]. The Morgan fingerprint density at radius 3 is 2.18 bits per heavy atom. The van der Waals surface area contributed by atoms with Crippen LogP contribution in [-0.4, -0.2) is 41.3 Å². The van der Waals surface area contributed by atoms with E-state index in [0.29, 0.717) is 6.92 Å². The molecule has 8 heteroatoms. The van der Waals surface area contributed by atoms with Crippen molar-refractivity contribution in [3.63, 3.8) is 0 Å². The van der Waals surface area contributed by atoms with Crippen LogP contribution in [0.5, 0.6) is 0 Å². The van der Waals surface area contributed by atoms with Crippen molar-refractivity contribution in [1.29, 1.82) is 0 Å². The molecule has 0 aliphatic heterocycles. The van der Waals surface area contributed by atoms with Crippen LogP contribution in [0, 0.1) is 0 Å². The van der Waals surface area contributed by atoms with Gasteiger partial charge in [0.2, 0.25) is 0 Å². The molecular formula is C9H14F2NO5-. The Labute approximate surface area is 96.6 Å². The molecule has 100 valence electrons. The number of alkyl halides is 2. The van der Waals surface area contributed by atoms with Gasteiger partial charge < -0.3 is 25.1 Å². The zero-order valence-electron chi connectivity index (χ0n) is 9.57. The summed E-state index contributed by atoms with van der Waals surface area (Å²) in [5.74, 6) is -2.12. The number of ether oxygens (including phenoxy) is 1. The quantitative estimate of drug-likeness (QED) is 0.673. The molecule has 0 saturated carbocycles. The summed E-state index contributed by atoms with van der Waals surface area (Å²) in [6.07, 6.45) is -5.10. The van der Waals surface area contributed by atoms with Crippen LogP contribution in [0.1, 0.15) is 20.8 Å². The molecule has 6 nitrogen and oxygen atoms in total. The van der Waals surface area contributed by atoms with Crippen molar-refractivity contribution in [2.24, 2.45) is 0 Å². The van der Waals surface area contributed by atoms with Crippen LogP contribution in [-0.2, 0) is 9.53 Å². The largest absolute Gasteiger partial charge is 0.547 e. The lowest BCUT2D eigenvalue weighted by atomic mass is 9.97. The molecule has 0 heterocycles. The first-order chi connectivity index (χ1) is 7.59. The fourth-order valence-corrected chi connectivity index (χ4v) is 0.951. The molecule has 0 fully saturated rings. The maximum Gasteiger partial charge on any atom is 0.407 e. The van der Waals surface area contributed by atoms with E-state index in [4.69, 9.17) is 0 Å². The van der Waals surface area contributed by atoms with E-state index in [2.05, 4.69) is 4.74 Å². The minimum Gasteiger partial charge on any atom is -0.547 e. The van der Waals surface area contributed by atoms with E-state index in [9.17, 15) is 28.6 Å². The third kappa shape index (κ3) is 4.51. The molecule has 0 aliphatic carbocycles. The molecule has 1 amide bonds. The number of carbonyl (C=O) groups excluding carboxylic acids is 2. The molecule has 0 rings (SSSR count). The Hall–Kier alpha value is -1.44. The minimum absolute atomic E-state index is 0.568. The first kappa shape index (κ1) is 15.6. The van der Waals surface area contributed by atoms with E-state index in [-0.39, 0.29) is 0 Å². The van der Waals surface area contributed by atoms with Gasteiger partial charge in [-0.1, -0.05) is 0 Å². The van der Waals surface area contributed by atoms with Crippen molar-refractivity contribution in [3.05, 3.63) is 0 Å². The molecule has 0 aliphatic rings. The van der Waals surface area contributed by atoms with E-state index < -0.39 is 36.2 Å². The topological polar surface area (TPSA) is 98.7 Å². The van der Waals surface area contributed by atoms with Gasteiger partial charge in [-0.25, -0.2) is 13.6 Å². The summed E-state index contributed by atoms with van der Waals surface area (Å²) in [6.45, 7) is 3.57. The van der Waals surface area contributed by atoms with Gasteiger partial charge in [0.05, 0.1) is 12.1 Å². The first-order valence-corrected chi connectivity index (χ1v) is 4.78. The average molecular weight is 254 g/mol. The Morgan fingerprint density at radius 2 is 1.88 bits per heavy atom. The van der Waals surface area contributed by atoms with Gasteiger partial charge in [0.1, 0.15) is 11.6 Å². The highest BCUT2D eigenvalue weighted by Gasteiger charge is 2.41. The number of carbonyl (C=O) groups is 2. The predicted molar refractivity (Wildman–Crippen MR) is 50.2 cm³/mol. The normalized spacial score (nSPS) is 16.5. The number of hydrogen-bond donors (Lipinski definition) is 2. The summed E-state index contributed by atoms with van der Waals surface area (Å²) in [5, 5.41) is 21.4. The van der Waals surface area contributed by atoms with Crippen molar-refractivity contribution in [2.45, 2.75) is 44.9 Å². The van der Waals surface area contributed by atoms with E-state index in [1.807, 2.05) is 0 Å².